The quantitative estimate of drug-likeness (QED) is 0.727. The van der Waals surface area contributed by atoms with Crippen molar-refractivity contribution in [1.29, 1.82) is 0 Å². The van der Waals surface area contributed by atoms with Gasteiger partial charge in [0.25, 0.3) is 0 Å². The Morgan fingerprint density at radius 2 is 1.84 bits per heavy atom. The second-order valence-electron chi connectivity index (χ2n) is 6.12. The van der Waals surface area contributed by atoms with Crippen molar-refractivity contribution in [2.24, 2.45) is 5.92 Å². The molecule has 0 amide bonds. The van der Waals surface area contributed by atoms with E-state index in [0.29, 0.717) is 11.1 Å². The number of fused-ring (bicyclic) bond motifs is 1. The van der Waals surface area contributed by atoms with Gasteiger partial charge in [-0.2, -0.15) is 0 Å². The molecule has 2 aromatic carbocycles. The van der Waals surface area contributed by atoms with E-state index in [9.17, 15) is 14.3 Å². The molecule has 0 spiro atoms. The number of rotatable bonds is 4. The standard InChI is InChI=1S/C21H19FO2S/c1-12-18(10-14-4-7-16(25-3)8-5-14)17-9-6-15(22)11-19(17)20(12)13(2)21(23)24/h4-11,13H,1-3H3,(H,23,24)/b18-10-. The monoisotopic (exact) mass is 354 g/mol. The van der Waals surface area contributed by atoms with Crippen molar-refractivity contribution in [3.63, 3.8) is 0 Å². The minimum absolute atomic E-state index is 0.354. The van der Waals surface area contributed by atoms with Crippen molar-refractivity contribution in [2.75, 3.05) is 6.26 Å². The van der Waals surface area contributed by atoms with Crippen LogP contribution >= 0.6 is 11.8 Å². The number of benzene rings is 2. The second kappa shape index (κ2) is 6.89. The van der Waals surface area contributed by atoms with Crippen LogP contribution < -0.4 is 0 Å². The number of carboxylic acids is 1. The molecule has 0 bridgehead atoms. The third-order valence-electron chi connectivity index (χ3n) is 4.60. The maximum Gasteiger partial charge on any atom is 0.310 e. The normalized spacial score (nSPS) is 16.2. The Labute approximate surface area is 151 Å². The summed E-state index contributed by atoms with van der Waals surface area (Å²) in [6.45, 7) is 3.56. The van der Waals surface area contributed by atoms with Crippen molar-refractivity contribution >= 4 is 35.0 Å². The predicted octanol–water partition coefficient (Wildman–Crippen LogP) is 5.60. The summed E-state index contributed by atoms with van der Waals surface area (Å²) in [5, 5.41) is 9.44. The van der Waals surface area contributed by atoms with Crippen LogP contribution in [-0.2, 0) is 4.79 Å². The predicted molar refractivity (Wildman–Crippen MR) is 102 cm³/mol. The average Bonchev–Trinajstić information content (AvgIpc) is 2.86. The van der Waals surface area contributed by atoms with Crippen LogP contribution in [0.15, 0.2) is 52.9 Å². The maximum absolute atomic E-state index is 13.8. The Kier molecular flexibility index (Phi) is 4.82. The molecule has 25 heavy (non-hydrogen) atoms. The fraction of sp³-hybridized carbons (Fsp3) is 0.190. The summed E-state index contributed by atoms with van der Waals surface area (Å²) in [6.07, 6.45) is 4.07. The summed E-state index contributed by atoms with van der Waals surface area (Å²) >= 11 is 1.68. The van der Waals surface area contributed by atoms with Gasteiger partial charge in [-0.1, -0.05) is 18.2 Å². The summed E-state index contributed by atoms with van der Waals surface area (Å²) in [5.41, 5.74) is 5.13. The van der Waals surface area contributed by atoms with Crippen LogP contribution in [0.25, 0.3) is 17.2 Å². The van der Waals surface area contributed by atoms with Crippen LogP contribution in [0.1, 0.15) is 30.5 Å². The first-order valence-electron chi connectivity index (χ1n) is 8.02. The first-order chi connectivity index (χ1) is 11.9. The van der Waals surface area contributed by atoms with E-state index in [2.05, 4.69) is 12.1 Å². The fourth-order valence-corrected chi connectivity index (χ4v) is 3.67. The zero-order valence-corrected chi connectivity index (χ0v) is 15.2. The number of allylic oxidation sites excluding steroid dienone is 2. The Hall–Kier alpha value is -2.33. The molecule has 2 nitrogen and oxygen atoms in total. The average molecular weight is 354 g/mol. The van der Waals surface area contributed by atoms with Crippen LogP contribution in [0, 0.1) is 11.7 Å². The van der Waals surface area contributed by atoms with Gasteiger partial charge in [0.2, 0.25) is 0 Å². The van der Waals surface area contributed by atoms with E-state index in [-0.39, 0.29) is 5.82 Å². The van der Waals surface area contributed by atoms with Gasteiger partial charge in [-0.15, -0.1) is 11.8 Å². The molecule has 0 aliphatic heterocycles. The summed E-state index contributed by atoms with van der Waals surface area (Å²) < 4.78 is 13.8. The number of carboxylic acid groups (broad SMARTS) is 1. The summed E-state index contributed by atoms with van der Waals surface area (Å²) in [5.74, 6) is -1.95. The zero-order valence-electron chi connectivity index (χ0n) is 14.3. The van der Waals surface area contributed by atoms with Crippen LogP contribution in [0.2, 0.25) is 0 Å². The topological polar surface area (TPSA) is 37.3 Å². The molecule has 1 N–H and O–H groups in total. The lowest BCUT2D eigenvalue weighted by molar-refractivity contribution is -0.139. The van der Waals surface area contributed by atoms with E-state index >= 15 is 0 Å². The van der Waals surface area contributed by atoms with E-state index in [1.165, 1.54) is 17.0 Å². The molecule has 1 aliphatic rings. The van der Waals surface area contributed by atoms with Gasteiger partial charge < -0.3 is 5.11 Å². The maximum atomic E-state index is 13.8. The molecule has 0 saturated carbocycles. The highest BCUT2D eigenvalue weighted by Gasteiger charge is 2.30. The van der Waals surface area contributed by atoms with E-state index in [4.69, 9.17) is 0 Å². The molecule has 0 fully saturated rings. The molecule has 1 unspecified atom stereocenters. The molecule has 0 aromatic heterocycles. The van der Waals surface area contributed by atoms with Gasteiger partial charge >= 0.3 is 5.97 Å². The summed E-state index contributed by atoms with van der Waals surface area (Å²) in [7, 11) is 0. The third-order valence-corrected chi connectivity index (χ3v) is 5.34. The lowest BCUT2D eigenvalue weighted by Gasteiger charge is -2.11. The number of thioether (sulfide) groups is 1. The van der Waals surface area contributed by atoms with E-state index < -0.39 is 11.9 Å². The number of hydrogen-bond acceptors (Lipinski definition) is 2. The van der Waals surface area contributed by atoms with Crippen LogP contribution in [0.3, 0.4) is 0 Å². The van der Waals surface area contributed by atoms with Crippen LogP contribution in [0.5, 0.6) is 0 Å². The largest absolute Gasteiger partial charge is 0.481 e. The number of carbonyl (C=O) groups is 1. The van der Waals surface area contributed by atoms with Gasteiger partial charge in [0.1, 0.15) is 5.82 Å². The second-order valence-corrected chi connectivity index (χ2v) is 7.00. The lowest BCUT2D eigenvalue weighted by Crippen LogP contribution is -2.11. The van der Waals surface area contributed by atoms with Crippen molar-refractivity contribution in [2.45, 2.75) is 18.7 Å². The Morgan fingerprint density at radius 3 is 2.44 bits per heavy atom. The molecule has 3 rings (SSSR count). The zero-order chi connectivity index (χ0) is 18.1. The van der Waals surface area contributed by atoms with Gasteiger partial charge in [-0.25, -0.2) is 4.39 Å². The van der Waals surface area contributed by atoms with Gasteiger partial charge in [-0.3, -0.25) is 4.79 Å². The number of hydrogen-bond donors (Lipinski definition) is 1. The third kappa shape index (κ3) is 3.27. The van der Waals surface area contributed by atoms with E-state index in [0.717, 1.165) is 22.3 Å². The first kappa shape index (κ1) is 17.5. The van der Waals surface area contributed by atoms with E-state index in [1.807, 2.05) is 31.4 Å². The van der Waals surface area contributed by atoms with E-state index in [1.54, 1.807) is 24.8 Å². The Bertz CT molecular complexity index is 895. The van der Waals surface area contributed by atoms with Gasteiger partial charge in [0, 0.05) is 4.90 Å². The SMILES string of the molecule is CSc1ccc(/C=C2/C(C)=C(C(C)C(=O)O)c3cc(F)ccc32)cc1. The van der Waals surface area contributed by atoms with Gasteiger partial charge in [0.15, 0.2) is 0 Å². The minimum Gasteiger partial charge on any atom is -0.481 e. The van der Waals surface area contributed by atoms with Crippen molar-refractivity contribution in [3.8, 4) is 0 Å². The van der Waals surface area contributed by atoms with Gasteiger partial charge in [-0.05, 0) is 83.9 Å². The highest BCUT2D eigenvalue weighted by atomic mass is 32.2. The van der Waals surface area contributed by atoms with Crippen molar-refractivity contribution in [3.05, 3.63) is 70.5 Å². The molecule has 0 saturated heterocycles. The number of aliphatic carboxylic acids is 1. The van der Waals surface area contributed by atoms with Crippen LogP contribution in [0.4, 0.5) is 4.39 Å². The molecule has 0 heterocycles. The molecule has 4 heteroatoms. The molecular weight excluding hydrogens is 335 g/mol. The first-order valence-corrected chi connectivity index (χ1v) is 9.25. The molecule has 2 aromatic rings. The van der Waals surface area contributed by atoms with Crippen LogP contribution in [-0.4, -0.2) is 17.3 Å². The van der Waals surface area contributed by atoms with Crippen molar-refractivity contribution < 1.29 is 14.3 Å². The van der Waals surface area contributed by atoms with Crippen molar-refractivity contribution in [1.82, 2.24) is 0 Å². The molecule has 0 radical (unpaired) electrons. The molecular formula is C21H19FO2S. The Balaban J connectivity index is 2.16. The highest BCUT2D eigenvalue weighted by molar-refractivity contribution is 7.98. The highest BCUT2D eigenvalue weighted by Crippen LogP contribution is 2.45. The molecule has 1 aliphatic carbocycles. The molecule has 128 valence electrons. The minimum atomic E-state index is -0.907. The fourth-order valence-electron chi connectivity index (χ4n) is 3.26. The summed E-state index contributed by atoms with van der Waals surface area (Å²) in [6, 6.07) is 12.8. The molecule has 1 atom stereocenters. The smallest absolute Gasteiger partial charge is 0.310 e. The van der Waals surface area contributed by atoms with Gasteiger partial charge in [0.05, 0.1) is 5.92 Å². The Morgan fingerprint density at radius 1 is 1.16 bits per heavy atom. The number of halogens is 1. The summed E-state index contributed by atoms with van der Waals surface area (Å²) in [4.78, 5) is 12.7. The lowest BCUT2D eigenvalue weighted by atomic mass is 9.94.